The minimum absolute atomic E-state index is 0.557. The second-order valence-electron chi connectivity index (χ2n) is 6.42. The predicted molar refractivity (Wildman–Crippen MR) is 110 cm³/mol. The normalized spacial score (nSPS) is 11.2. The van der Waals surface area contributed by atoms with Crippen molar-refractivity contribution in [2.75, 3.05) is 16.3 Å². The van der Waals surface area contributed by atoms with Crippen LogP contribution in [0.4, 0.5) is 17.1 Å². The Labute approximate surface area is 155 Å². The molecular weight excluding hydrogens is 344 g/mol. The van der Waals surface area contributed by atoms with Gasteiger partial charge in [-0.3, -0.25) is 4.72 Å². The summed E-state index contributed by atoms with van der Waals surface area (Å²) in [5.74, 6) is 0. The first-order chi connectivity index (χ1) is 12.3. The van der Waals surface area contributed by atoms with E-state index in [4.69, 9.17) is 0 Å². The van der Waals surface area contributed by atoms with Crippen molar-refractivity contribution in [3.05, 3.63) is 77.9 Å². The fraction of sp³-hybridized carbons (Fsp3) is 0.143. The Hall–Kier alpha value is -2.79. The van der Waals surface area contributed by atoms with Gasteiger partial charge in [-0.1, -0.05) is 42.5 Å². The van der Waals surface area contributed by atoms with Crippen molar-refractivity contribution in [2.24, 2.45) is 0 Å². The molecule has 0 heterocycles. The van der Waals surface area contributed by atoms with E-state index in [2.05, 4.69) is 54.2 Å². The summed E-state index contributed by atoms with van der Waals surface area (Å²) in [6, 6.07) is 21.8. The van der Waals surface area contributed by atoms with Crippen LogP contribution in [0.3, 0.4) is 0 Å². The lowest BCUT2D eigenvalue weighted by molar-refractivity contribution is 0.607. The Kier molecular flexibility index (Phi) is 5.00. The predicted octanol–water partition coefficient (Wildman–Crippen LogP) is 5.09. The van der Waals surface area contributed by atoms with Gasteiger partial charge in [0.15, 0.2) is 0 Å². The maximum Gasteiger partial charge on any atom is 0.229 e. The highest BCUT2D eigenvalue weighted by atomic mass is 32.2. The van der Waals surface area contributed by atoms with E-state index in [-0.39, 0.29) is 0 Å². The van der Waals surface area contributed by atoms with E-state index in [0.29, 0.717) is 5.69 Å². The highest BCUT2D eigenvalue weighted by Gasteiger charge is 2.06. The number of hydrogen-bond acceptors (Lipinski definition) is 3. The van der Waals surface area contributed by atoms with Crippen molar-refractivity contribution in [1.29, 1.82) is 0 Å². The molecule has 0 aliphatic heterocycles. The Morgan fingerprint density at radius 2 is 1.35 bits per heavy atom. The van der Waals surface area contributed by atoms with Crippen molar-refractivity contribution in [3.63, 3.8) is 0 Å². The van der Waals surface area contributed by atoms with E-state index in [0.717, 1.165) is 34.3 Å². The molecule has 3 aromatic rings. The Morgan fingerprint density at radius 3 is 2.00 bits per heavy atom. The Balaban J connectivity index is 1.89. The minimum Gasteiger partial charge on any atom is -0.355 e. The SMILES string of the molecule is Cc1ccccc1Nc1cc(-c2ccc(NS(C)(=O)=O)cc2)ccc1C. The van der Waals surface area contributed by atoms with Crippen molar-refractivity contribution in [1.82, 2.24) is 0 Å². The van der Waals surface area contributed by atoms with Crippen LogP contribution in [-0.4, -0.2) is 14.7 Å². The minimum atomic E-state index is -3.27. The molecule has 0 atom stereocenters. The fourth-order valence-corrected chi connectivity index (χ4v) is 3.30. The van der Waals surface area contributed by atoms with Gasteiger partial charge in [0.1, 0.15) is 0 Å². The van der Waals surface area contributed by atoms with Gasteiger partial charge in [-0.25, -0.2) is 8.42 Å². The highest BCUT2D eigenvalue weighted by molar-refractivity contribution is 7.92. The van der Waals surface area contributed by atoms with Gasteiger partial charge in [0.25, 0.3) is 0 Å². The third kappa shape index (κ3) is 4.43. The van der Waals surface area contributed by atoms with Crippen molar-refractivity contribution in [2.45, 2.75) is 13.8 Å². The maximum atomic E-state index is 11.3. The zero-order valence-corrected chi connectivity index (χ0v) is 15.9. The molecule has 0 fully saturated rings. The molecular formula is C21H22N2O2S. The molecule has 5 heteroatoms. The molecule has 0 unspecified atom stereocenters. The molecule has 0 saturated carbocycles. The molecule has 0 aliphatic carbocycles. The summed E-state index contributed by atoms with van der Waals surface area (Å²) in [5.41, 5.74) is 7.13. The van der Waals surface area contributed by atoms with Crippen molar-refractivity contribution in [3.8, 4) is 11.1 Å². The number of para-hydroxylation sites is 1. The average Bonchev–Trinajstić information content (AvgIpc) is 2.58. The maximum absolute atomic E-state index is 11.3. The summed E-state index contributed by atoms with van der Waals surface area (Å²) in [5, 5.41) is 3.50. The van der Waals surface area contributed by atoms with Crippen LogP contribution in [0.2, 0.25) is 0 Å². The summed E-state index contributed by atoms with van der Waals surface area (Å²) < 4.78 is 25.1. The van der Waals surface area contributed by atoms with Gasteiger partial charge >= 0.3 is 0 Å². The zero-order chi connectivity index (χ0) is 18.7. The fourth-order valence-electron chi connectivity index (χ4n) is 2.74. The Bertz CT molecular complexity index is 1030. The van der Waals surface area contributed by atoms with Gasteiger partial charge in [-0.2, -0.15) is 0 Å². The van der Waals surface area contributed by atoms with Crippen LogP contribution in [0.5, 0.6) is 0 Å². The van der Waals surface area contributed by atoms with Gasteiger partial charge in [-0.15, -0.1) is 0 Å². The van der Waals surface area contributed by atoms with Crippen LogP contribution in [-0.2, 0) is 10.0 Å². The van der Waals surface area contributed by atoms with Crippen molar-refractivity contribution >= 4 is 27.1 Å². The quantitative estimate of drug-likeness (QED) is 0.661. The van der Waals surface area contributed by atoms with Crippen LogP contribution in [0, 0.1) is 13.8 Å². The smallest absolute Gasteiger partial charge is 0.229 e. The van der Waals surface area contributed by atoms with E-state index < -0.39 is 10.0 Å². The van der Waals surface area contributed by atoms with Gasteiger partial charge in [0.2, 0.25) is 10.0 Å². The number of aryl methyl sites for hydroxylation is 2. The summed E-state index contributed by atoms with van der Waals surface area (Å²) >= 11 is 0. The number of rotatable bonds is 5. The van der Waals surface area contributed by atoms with E-state index >= 15 is 0 Å². The lowest BCUT2D eigenvalue weighted by atomic mass is 10.0. The van der Waals surface area contributed by atoms with Crippen LogP contribution in [0.15, 0.2) is 66.7 Å². The summed E-state index contributed by atoms with van der Waals surface area (Å²) in [6.07, 6.45) is 1.14. The number of benzene rings is 3. The third-order valence-electron chi connectivity index (χ3n) is 4.17. The molecule has 0 aromatic heterocycles. The molecule has 2 N–H and O–H groups in total. The summed E-state index contributed by atoms with van der Waals surface area (Å²) in [6.45, 7) is 4.15. The molecule has 3 rings (SSSR count). The van der Waals surface area contributed by atoms with Crippen LogP contribution in [0.25, 0.3) is 11.1 Å². The average molecular weight is 366 g/mol. The number of sulfonamides is 1. The largest absolute Gasteiger partial charge is 0.355 e. The van der Waals surface area contributed by atoms with Gasteiger partial charge < -0.3 is 5.32 Å². The van der Waals surface area contributed by atoms with E-state index in [1.54, 1.807) is 12.1 Å². The van der Waals surface area contributed by atoms with Gasteiger partial charge in [0.05, 0.1) is 6.26 Å². The first kappa shape index (κ1) is 18.0. The van der Waals surface area contributed by atoms with Gasteiger partial charge in [0, 0.05) is 17.1 Å². The second-order valence-corrected chi connectivity index (χ2v) is 8.17. The summed E-state index contributed by atoms with van der Waals surface area (Å²) in [7, 11) is -3.27. The molecule has 0 amide bonds. The molecule has 4 nitrogen and oxygen atoms in total. The van der Waals surface area contributed by atoms with Crippen molar-refractivity contribution < 1.29 is 8.42 Å². The molecule has 3 aromatic carbocycles. The van der Waals surface area contributed by atoms with Crippen LogP contribution < -0.4 is 10.0 Å². The first-order valence-electron chi connectivity index (χ1n) is 8.33. The second kappa shape index (κ2) is 7.22. The lowest BCUT2D eigenvalue weighted by Crippen LogP contribution is -2.09. The summed E-state index contributed by atoms with van der Waals surface area (Å²) in [4.78, 5) is 0. The monoisotopic (exact) mass is 366 g/mol. The molecule has 0 aliphatic rings. The highest BCUT2D eigenvalue weighted by Crippen LogP contribution is 2.29. The molecule has 26 heavy (non-hydrogen) atoms. The molecule has 0 bridgehead atoms. The van der Waals surface area contributed by atoms with E-state index in [1.165, 1.54) is 5.56 Å². The number of anilines is 3. The zero-order valence-electron chi connectivity index (χ0n) is 15.1. The van der Waals surface area contributed by atoms with Crippen LogP contribution in [0.1, 0.15) is 11.1 Å². The molecule has 134 valence electrons. The molecule has 0 saturated heterocycles. The number of nitrogens with one attached hydrogen (secondary N) is 2. The van der Waals surface area contributed by atoms with Crippen LogP contribution >= 0.6 is 0 Å². The van der Waals surface area contributed by atoms with E-state index in [1.807, 2.05) is 24.3 Å². The molecule has 0 spiro atoms. The lowest BCUT2D eigenvalue weighted by Gasteiger charge is -2.14. The number of hydrogen-bond donors (Lipinski definition) is 2. The third-order valence-corrected chi connectivity index (χ3v) is 4.78. The standard InChI is InChI=1S/C21H22N2O2S/c1-15-6-4-5-7-20(15)22-21-14-18(9-8-16(21)2)17-10-12-19(13-11-17)23-26(3,24)25/h4-14,22-23H,1-3H3. The Morgan fingerprint density at radius 1 is 0.731 bits per heavy atom. The first-order valence-corrected chi connectivity index (χ1v) is 10.2. The van der Waals surface area contributed by atoms with E-state index in [9.17, 15) is 8.42 Å². The van der Waals surface area contributed by atoms with Gasteiger partial charge in [-0.05, 0) is 60.4 Å². The topological polar surface area (TPSA) is 58.2 Å². The molecule has 0 radical (unpaired) electrons.